The summed E-state index contributed by atoms with van der Waals surface area (Å²) in [7, 11) is -3.99. The first-order valence-corrected chi connectivity index (χ1v) is 11.9. The highest BCUT2D eigenvalue weighted by atomic mass is 32.2. The fourth-order valence-corrected chi connectivity index (χ4v) is 4.56. The number of rotatable bonds is 8. The van der Waals surface area contributed by atoms with Crippen molar-refractivity contribution >= 4 is 39.2 Å². The van der Waals surface area contributed by atoms with E-state index in [0.29, 0.717) is 23.1 Å². The highest BCUT2D eigenvalue weighted by Gasteiger charge is 2.32. The van der Waals surface area contributed by atoms with E-state index in [1.807, 2.05) is 20.8 Å². The van der Waals surface area contributed by atoms with Crippen LogP contribution in [-0.4, -0.2) is 37.6 Å². The van der Waals surface area contributed by atoms with Gasteiger partial charge in [0.15, 0.2) is 5.17 Å². The Kier molecular flexibility index (Phi) is 7.34. The normalized spacial score (nSPS) is 18.0. The van der Waals surface area contributed by atoms with Crippen molar-refractivity contribution in [3.05, 3.63) is 54.1 Å². The fourth-order valence-electron chi connectivity index (χ4n) is 2.71. The number of amidine groups is 1. The number of ether oxygens (including phenoxy) is 1. The molecule has 1 saturated heterocycles. The number of nitrogens with zero attached hydrogens (tertiary/aromatic N) is 2. The maximum Gasteiger partial charge on any atom is 0.339 e. The number of amides is 1. The molecule has 164 valence electrons. The predicted molar refractivity (Wildman–Crippen MR) is 121 cm³/mol. The summed E-state index contributed by atoms with van der Waals surface area (Å²) in [6.45, 7) is 6.28. The summed E-state index contributed by atoms with van der Waals surface area (Å²) in [5, 5.41) is 11.0. The van der Waals surface area contributed by atoms with Crippen LogP contribution in [0.4, 0.5) is 0 Å². The molecule has 10 heteroatoms. The van der Waals surface area contributed by atoms with Gasteiger partial charge in [-0.15, -0.1) is 5.10 Å². The highest BCUT2D eigenvalue weighted by Crippen LogP contribution is 2.26. The van der Waals surface area contributed by atoms with Crippen molar-refractivity contribution in [1.82, 2.24) is 5.32 Å². The molecule has 0 radical (unpaired) electrons. The third-order valence-electron chi connectivity index (χ3n) is 4.18. The van der Waals surface area contributed by atoms with Gasteiger partial charge in [0, 0.05) is 0 Å². The molecular formula is C21H23N3O5S2. The standard InChI is InChI=1S/C21H23N3O5S2/c1-4-28-16-8-10-18(11-9-16)31(26,27)29-17-7-5-6-15(12-17)13-22-24-21-23-20(25)19(30-21)14(2)3/h5-14,19H,4H2,1-3H3,(H,23,24,25)/b22-13-/t19-/m1/s1. The topological polar surface area (TPSA) is 106 Å². The summed E-state index contributed by atoms with van der Waals surface area (Å²) in [5.74, 6) is 0.836. The minimum Gasteiger partial charge on any atom is -0.494 e. The molecule has 1 N–H and O–H groups in total. The molecule has 0 aromatic heterocycles. The second-order valence-corrected chi connectivity index (χ2v) is 9.61. The lowest BCUT2D eigenvalue weighted by molar-refractivity contribution is -0.119. The average molecular weight is 462 g/mol. The Morgan fingerprint density at radius 2 is 1.90 bits per heavy atom. The molecular weight excluding hydrogens is 438 g/mol. The van der Waals surface area contributed by atoms with Gasteiger partial charge in [0.1, 0.15) is 16.4 Å². The molecule has 0 unspecified atom stereocenters. The quantitative estimate of drug-likeness (QED) is 0.367. The van der Waals surface area contributed by atoms with Crippen LogP contribution in [0.25, 0.3) is 0 Å². The number of carbonyl (C=O) groups excluding carboxylic acids is 1. The zero-order chi connectivity index (χ0) is 22.4. The van der Waals surface area contributed by atoms with E-state index in [1.165, 1.54) is 42.2 Å². The van der Waals surface area contributed by atoms with Crippen LogP contribution in [-0.2, 0) is 14.9 Å². The van der Waals surface area contributed by atoms with E-state index < -0.39 is 10.1 Å². The largest absolute Gasteiger partial charge is 0.494 e. The number of hydrogen-bond acceptors (Lipinski definition) is 8. The van der Waals surface area contributed by atoms with E-state index in [9.17, 15) is 13.2 Å². The van der Waals surface area contributed by atoms with Gasteiger partial charge in [0.25, 0.3) is 0 Å². The van der Waals surface area contributed by atoms with Gasteiger partial charge in [-0.05, 0) is 54.8 Å². The molecule has 1 atom stereocenters. The van der Waals surface area contributed by atoms with Gasteiger partial charge in [0.2, 0.25) is 5.91 Å². The van der Waals surface area contributed by atoms with Gasteiger partial charge in [-0.3, -0.25) is 4.79 Å². The van der Waals surface area contributed by atoms with Crippen LogP contribution in [0, 0.1) is 5.92 Å². The van der Waals surface area contributed by atoms with Crippen molar-refractivity contribution in [3.63, 3.8) is 0 Å². The van der Waals surface area contributed by atoms with E-state index in [-0.39, 0.29) is 27.7 Å². The van der Waals surface area contributed by atoms with Crippen molar-refractivity contribution in [3.8, 4) is 11.5 Å². The number of thioether (sulfide) groups is 1. The highest BCUT2D eigenvalue weighted by molar-refractivity contribution is 8.15. The van der Waals surface area contributed by atoms with Crippen molar-refractivity contribution in [2.75, 3.05) is 6.61 Å². The Morgan fingerprint density at radius 3 is 2.55 bits per heavy atom. The maximum absolute atomic E-state index is 12.5. The first-order chi connectivity index (χ1) is 14.8. The van der Waals surface area contributed by atoms with Crippen molar-refractivity contribution < 1.29 is 22.1 Å². The fraction of sp³-hybridized carbons (Fsp3) is 0.286. The molecule has 0 saturated carbocycles. The summed E-state index contributed by atoms with van der Waals surface area (Å²) in [6.07, 6.45) is 1.46. The number of benzene rings is 2. The van der Waals surface area contributed by atoms with Gasteiger partial charge in [-0.1, -0.05) is 37.7 Å². The average Bonchev–Trinajstić information content (AvgIpc) is 3.09. The smallest absolute Gasteiger partial charge is 0.339 e. The molecule has 1 aliphatic rings. The second kappa shape index (κ2) is 9.97. The van der Waals surface area contributed by atoms with Crippen LogP contribution in [0.15, 0.2) is 63.6 Å². The molecule has 31 heavy (non-hydrogen) atoms. The minimum absolute atomic E-state index is 0.0233. The monoisotopic (exact) mass is 461 g/mol. The molecule has 3 rings (SSSR count). The van der Waals surface area contributed by atoms with E-state index in [4.69, 9.17) is 8.92 Å². The molecule has 1 amide bonds. The third-order valence-corrected chi connectivity index (χ3v) is 6.86. The molecule has 2 aromatic rings. The predicted octanol–water partition coefficient (Wildman–Crippen LogP) is 3.43. The minimum atomic E-state index is -3.99. The number of hydrogen-bond donors (Lipinski definition) is 1. The van der Waals surface area contributed by atoms with Crippen LogP contribution in [0.3, 0.4) is 0 Å². The maximum atomic E-state index is 12.5. The van der Waals surface area contributed by atoms with Crippen molar-refractivity contribution in [1.29, 1.82) is 0 Å². The van der Waals surface area contributed by atoms with Gasteiger partial charge < -0.3 is 14.2 Å². The van der Waals surface area contributed by atoms with Crippen LogP contribution < -0.4 is 14.2 Å². The summed E-state index contributed by atoms with van der Waals surface area (Å²) >= 11 is 1.34. The molecule has 0 bridgehead atoms. The SMILES string of the molecule is CCOc1ccc(S(=O)(=O)Oc2cccc(/C=N\N=C3\NC(=O)[C@@H](C(C)C)S3)c2)cc1. The van der Waals surface area contributed by atoms with Gasteiger partial charge in [-0.25, -0.2) is 0 Å². The molecule has 0 aliphatic carbocycles. The zero-order valence-corrected chi connectivity index (χ0v) is 18.9. The van der Waals surface area contributed by atoms with Crippen LogP contribution in [0.5, 0.6) is 11.5 Å². The first kappa shape index (κ1) is 22.8. The Bertz CT molecular complexity index is 1100. The van der Waals surface area contributed by atoms with E-state index >= 15 is 0 Å². The van der Waals surface area contributed by atoms with E-state index in [0.717, 1.165) is 0 Å². The van der Waals surface area contributed by atoms with E-state index in [1.54, 1.807) is 24.3 Å². The van der Waals surface area contributed by atoms with Crippen LogP contribution in [0.2, 0.25) is 0 Å². The molecule has 0 spiro atoms. The van der Waals surface area contributed by atoms with Crippen LogP contribution in [0.1, 0.15) is 26.3 Å². The lowest BCUT2D eigenvalue weighted by Crippen LogP contribution is -2.27. The Balaban J connectivity index is 1.68. The number of nitrogens with one attached hydrogen (secondary N) is 1. The zero-order valence-electron chi connectivity index (χ0n) is 17.3. The molecule has 1 heterocycles. The number of carbonyl (C=O) groups is 1. The van der Waals surface area contributed by atoms with Gasteiger partial charge >= 0.3 is 10.1 Å². The van der Waals surface area contributed by atoms with E-state index in [2.05, 4.69) is 15.5 Å². The lowest BCUT2D eigenvalue weighted by Gasteiger charge is -2.08. The summed E-state index contributed by atoms with van der Waals surface area (Å²) < 4.78 is 35.6. The molecule has 1 aliphatic heterocycles. The molecule has 2 aromatic carbocycles. The lowest BCUT2D eigenvalue weighted by atomic mass is 10.1. The first-order valence-electron chi connectivity index (χ1n) is 9.64. The van der Waals surface area contributed by atoms with Crippen molar-refractivity contribution in [2.24, 2.45) is 16.1 Å². The van der Waals surface area contributed by atoms with Crippen LogP contribution >= 0.6 is 11.8 Å². The second-order valence-electron chi connectivity index (χ2n) is 6.94. The Labute approximate surface area is 185 Å². The summed E-state index contributed by atoms with van der Waals surface area (Å²) in [4.78, 5) is 11.9. The summed E-state index contributed by atoms with van der Waals surface area (Å²) in [6, 6.07) is 12.5. The Morgan fingerprint density at radius 1 is 1.16 bits per heavy atom. The molecule has 8 nitrogen and oxygen atoms in total. The third kappa shape index (κ3) is 6.08. The van der Waals surface area contributed by atoms with Crippen molar-refractivity contribution in [2.45, 2.75) is 30.9 Å². The Hall–Kier alpha value is -2.85. The summed E-state index contributed by atoms with van der Waals surface area (Å²) in [5.41, 5.74) is 0.596. The van der Waals surface area contributed by atoms with Gasteiger partial charge in [-0.2, -0.15) is 13.5 Å². The molecule has 1 fully saturated rings. The van der Waals surface area contributed by atoms with Gasteiger partial charge in [0.05, 0.1) is 18.1 Å².